The van der Waals surface area contributed by atoms with E-state index >= 15 is 0 Å². The third-order valence-corrected chi connectivity index (χ3v) is 4.11. The van der Waals surface area contributed by atoms with Gasteiger partial charge in [-0.05, 0) is 26.7 Å². The molecule has 0 saturated carbocycles. The normalized spacial score (nSPS) is 16.4. The van der Waals surface area contributed by atoms with E-state index < -0.39 is 0 Å². The molecule has 6 nitrogen and oxygen atoms in total. The van der Waals surface area contributed by atoms with E-state index in [1.165, 1.54) is 5.69 Å². The second-order valence-electron chi connectivity index (χ2n) is 5.60. The molecule has 2 aromatic rings. The minimum Gasteiger partial charge on any atom is -0.445 e. The second-order valence-corrected chi connectivity index (χ2v) is 5.60. The SMILES string of the molecule is Cc1nc(C(=O)N2CCC(n3cncc3C)CC2)c(C)o1. The van der Waals surface area contributed by atoms with E-state index in [-0.39, 0.29) is 5.91 Å². The van der Waals surface area contributed by atoms with Crippen molar-refractivity contribution in [2.24, 2.45) is 0 Å². The number of imidazole rings is 1. The summed E-state index contributed by atoms with van der Waals surface area (Å²) in [5.41, 5.74) is 1.62. The Morgan fingerprint density at radius 3 is 2.52 bits per heavy atom. The van der Waals surface area contributed by atoms with Gasteiger partial charge in [0.2, 0.25) is 0 Å². The van der Waals surface area contributed by atoms with Crippen LogP contribution >= 0.6 is 0 Å². The van der Waals surface area contributed by atoms with Crippen LogP contribution in [0.15, 0.2) is 16.9 Å². The van der Waals surface area contributed by atoms with E-state index in [1.807, 2.05) is 17.4 Å². The smallest absolute Gasteiger partial charge is 0.276 e. The number of nitrogens with zero attached hydrogens (tertiary/aromatic N) is 4. The van der Waals surface area contributed by atoms with Crippen molar-refractivity contribution in [1.82, 2.24) is 19.4 Å². The lowest BCUT2D eigenvalue weighted by Gasteiger charge is -2.32. The van der Waals surface area contributed by atoms with E-state index in [2.05, 4.69) is 21.5 Å². The van der Waals surface area contributed by atoms with Crippen LogP contribution in [-0.4, -0.2) is 38.4 Å². The number of carbonyl (C=O) groups is 1. The van der Waals surface area contributed by atoms with Gasteiger partial charge in [0.1, 0.15) is 5.76 Å². The van der Waals surface area contributed by atoms with Gasteiger partial charge < -0.3 is 13.9 Å². The van der Waals surface area contributed by atoms with Gasteiger partial charge in [-0.2, -0.15) is 0 Å². The number of hydrogen-bond acceptors (Lipinski definition) is 4. The van der Waals surface area contributed by atoms with Crippen LogP contribution in [0.5, 0.6) is 0 Å². The lowest BCUT2D eigenvalue weighted by molar-refractivity contribution is 0.0687. The van der Waals surface area contributed by atoms with E-state index in [9.17, 15) is 4.79 Å². The van der Waals surface area contributed by atoms with Crippen LogP contribution in [0.2, 0.25) is 0 Å². The molecule has 2 aromatic heterocycles. The van der Waals surface area contributed by atoms with Gasteiger partial charge in [0.15, 0.2) is 11.6 Å². The summed E-state index contributed by atoms with van der Waals surface area (Å²) in [6, 6.07) is 0.427. The third-order valence-electron chi connectivity index (χ3n) is 4.11. The fourth-order valence-electron chi connectivity index (χ4n) is 2.98. The molecule has 6 heteroatoms. The first-order valence-electron chi connectivity index (χ1n) is 7.28. The average molecular weight is 288 g/mol. The highest BCUT2D eigenvalue weighted by atomic mass is 16.4. The Morgan fingerprint density at radius 2 is 2.00 bits per heavy atom. The van der Waals surface area contributed by atoms with Gasteiger partial charge in [-0.1, -0.05) is 0 Å². The monoisotopic (exact) mass is 288 g/mol. The van der Waals surface area contributed by atoms with Crippen LogP contribution in [-0.2, 0) is 0 Å². The molecule has 0 aliphatic carbocycles. The average Bonchev–Trinajstić information content (AvgIpc) is 3.04. The van der Waals surface area contributed by atoms with Gasteiger partial charge in [-0.3, -0.25) is 4.79 Å². The number of oxazole rings is 1. The molecule has 1 aliphatic heterocycles. The van der Waals surface area contributed by atoms with Crippen molar-refractivity contribution in [3.63, 3.8) is 0 Å². The minimum atomic E-state index is -0.0230. The van der Waals surface area contributed by atoms with Crippen LogP contribution in [0.4, 0.5) is 0 Å². The molecule has 3 heterocycles. The number of carbonyl (C=O) groups excluding carboxylic acids is 1. The number of piperidine rings is 1. The highest BCUT2D eigenvalue weighted by Gasteiger charge is 2.27. The fraction of sp³-hybridized carbons (Fsp3) is 0.533. The maximum absolute atomic E-state index is 12.5. The number of aryl methyl sites for hydroxylation is 3. The number of amides is 1. The highest BCUT2D eigenvalue weighted by Crippen LogP contribution is 2.25. The molecule has 1 aliphatic rings. The van der Waals surface area contributed by atoms with Crippen molar-refractivity contribution < 1.29 is 9.21 Å². The number of likely N-dealkylation sites (tertiary alicyclic amines) is 1. The Kier molecular flexibility index (Phi) is 3.53. The molecule has 0 bridgehead atoms. The first-order valence-corrected chi connectivity index (χ1v) is 7.28. The zero-order valence-electron chi connectivity index (χ0n) is 12.7. The summed E-state index contributed by atoms with van der Waals surface area (Å²) in [7, 11) is 0. The van der Waals surface area contributed by atoms with Crippen molar-refractivity contribution >= 4 is 5.91 Å². The topological polar surface area (TPSA) is 64.2 Å². The Morgan fingerprint density at radius 1 is 1.29 bits per heavy atom. The summed E-state index contributed by atoms with van der Waals surface area (Å²) in [5.74, 6) is 1.12. The Bertz CT molecular complexity index is 650. The van der Waals surface area contributed by atoms with Crippen molar-refractivity contribution in [3.05, 3.63) is 35.6 Å². The molecule has 0 N–H and O–H groups in total. The lowest BCUT2D eigenvalue weighted by atomic mass is 10.0. The summed E-state index contributed by atoms with van der Waals surface area (Å²) in [4.78, 5) is 22.7. The number of rotatable bonds is 2. The van der Waals surface area contributed by atoms with Crippen LogP contribution in [0.3, 0.4) is 0 Å². The van der Waals surface area contributed by atoms with Crippen LogP contribution in [0.25, 0.3) is 0 Å². The van der Waals surface area contributed by atoms with Crippen LogP contribution in [0, 0.1) is 20.8 Å². The first kappa shape index (κ1) is 13.9. The van der Waals surface area contributed by atoms with Gasteiger partial charge in [0.25, 0.3) is 5.91 Å². The molecule has 1 fully saturated rings. The zero-order valence-corrected chi connectivity index (χ0v) is 12.7. The van der Waals surface area contributed by atoms with Crippen molar-refractivity contribution in [2.45, 2.75) is 39.7 Å². The highest BCUT2D eigenvalue weighted by molar-refractivity contribution is 5.93. The number of aromatic nitrogens is 3. The summed E-state index contributed by atoms with van der Waals surface area (Å²) in [5, 5.41) is 0. The molecule has 0 atom stereocenters. The summed E-state index contributed by atoms with van der Waals surface area (Å²) >= 11 is 0. The zero-order chi connectivity index (χ0) is 15.0. The molecule has 1 saturated heterocycles. The Balaban J connectivity index is 1.67. The second kappa shape index (κ2) is 5.35. The Labute approximate surface area is 123 Å². The van der Waals surface area contributed by atoms with Gasteiger partial charge in [-0.15, -0.1) is 0 Å². The van der Waals surface area contributed by atoms with Crippen LogP contribution < -0.4 is 0 Å². The van der Waals surface area contributed by atoms with Gasteiger partial charge in [0.05, 0.1) is 6.33 Å². The van der Waals surface area contributed by atoms with E-state index in [1.54, 1.807) is 13.8 Å². The number of hydrogen-bond donors (Lipinski definition) is 0. The quantitative estimate of drug-likeness (QED) is 0.850. The molecule has 0 spiro atoms. The van der Waals surface area contributed by atoms with Gasteiger partial charge in [-0.25, -0.2) is 9.97 Å². The van der Waals surface area contributed by atoms with Crippen molar-refractivity contribution in [2.75, 3.05) is 13.1 Å². The molecule has 0 aromatic carbocycles. The first-order chi connectivity index (χ1) is 10.1. The molecular formula is C15H20N4O2. The maximum Gasteiger partial charge on any atom is 0.276 e. The summed E-state index contributed by atoms with van der Waals surface area (Å²) < 4.78 is 7.55. The van der Waals surface area contributed by atoms with E-state index in [0.29, 0.717) is 23.4 Å². The molecule has 21 heavy (non-hydrogen) atoms. The van der Waals surface area contributed by atoms with Crippen LogP contribution in [0.1, 0.15) is 46.7 Å². The predicted octanol–water partition coefficient (Wildman–Crippen LogP) is 2.27. The molecule has 112 valence electrons. The van der Waals surface area contributed by atoms with E-state index in [4.69, 9.17) is 4.42 Å². The van der Waals surface area contributed by atoms with Gasteiger partial charge in [0, 0.05) is 37.9 Å². The molecule has 3 rings (SSSR count). The lowest BCUT2D eigenvalue weighted by Crippen LogP contribution is -2.39. The molecule has 1 amide bonds. The predicted molar refractivity (Wildman–Crippen MR) is 77.1 cm³/mol. The largest absolute Gasteiger partial charge is 0.445 e. The maximum atomic E-state index is 12.5. The van der Waals surface area contributed by atoms with E-state index in [0.717, 1.165) is 25.9 Å². The third kappa shape index (κ3) is 2.57. The fourth-order valence-corrected chi connectivity index (χ4v) is 2.98. The Hall–Kier alpha value is -2.11. The summed E-state index contributed by atoms with van der Waals surface area (Å²) in [6.45, 7) is 7.09. The van der Waals surface area contributed by atoms with Crippen molar-refractivity contribution in [1.29, 1.82) is 0 Å². The van der Waals surface area contributed by atoms with Gasteiger partial charge >= 0.3 is 0 Å². The standard InChI is InChI=1S/C15H20N4O2/c1-10-8-16-9-19(10)13-4-6-18(7-5-13)15(20)14-11(2)21-12(3)17-14/h8-9,13H,4-7H2,1-3H3. The molecule has 0 radical (unpaired) electrons. The van der Waals surface area contributed by atoms with Crippen molar-refractivity contribution in [3.8, 4) is 0 Å². The molecule has 0 unspecified atom stereocenters. The molecular weight excluding hydrogens is 268 g/mol. The summed E-state index contributed by atoms with van der Waals surface area (Å²) in [6.07, 6.45) is 5.64. The minimum absolute atomic E-state index is 0.0230.